The molecule has 0 aliphatic carbocycles. The number of halogens is 2. The number of hydrogen-bond donors (Lipinski definition) is 0. The lowest BCUT2D eigenvalue weighted by molar-refractivity contribution is 0.246. The molecule has 0 fully saturated rings. The van der Waals surface area contributed by atoms with E-state index in [0.717, 1.165) is 12.8 Å². The molecule has 1 aromatic rings. The van der Waals surface area contributed by atoms with E-state index in [0.29, 0.717) is 22.7 Å². The van der Waals surface area contributed by atoms with Crippen LogP contribution in [0.15, 0.2) is 27.6 Å². The van der Waals surface area contributed by atoms with Crippen molar-refractivity contribution in [2.24, 2.45) is 5.92 Å². The van der Waals surface area contributed by atoms with E-state index in [4.69, 9.17) is 15.4 Å². The fourth-order valence-corrected chi connectivity index (χ4v) is 3.11. The number of rotatable bonds is 6. The van der Waals surface area contributed by atoms with Gasteiger partial charge in [-0.15, -0.1) is 0 Å². The highest BCUT2D eigenvalue weighted by atomic mass is 79.9. The van der Waals surface area contributed by atoms with Crippen LogP contribution < -0.4 is 4.74 Å². The minimum atomic E-state index is -3.80. The Morgan fingerprint density at radius 3 is 2.67 bits per heavy atom. The molecule has 0 spiro atoms. The van der Waals surface area contributed by atoms with Gasteiger partial charge in [0.05, 0.1) is 6.61 Å². The van der Waals surface area contributed by atoms with Crippen LogP contribution in [0.25, 0.3) is 0 Å². The fraction of sp³-hybridized carbons (Fsp3) is 0.500. The van der Waals surface area contributed by atoms with Gasteiger partial charge in [-0.2, -0.15) is 0 Å². The van der Waals surface area contributed by atoms with Gasteiger partial charge in [0.2, 0.25) is 0 Å². The Balaban J connectivity index is 2.89. The second-order valence-electron chi connectivity index (χ2n) is 4.23. The maximum absolute atomic E-state index is 11.4. The smallest absolute Gasteiger partial charge is 0.265 e. The summed E-state index contributed by atoms with van der Waals surface area (Å²) in [4.78, 5) is 0.00207. The van der Waals surface area contributed by atoms with Crippen molar-refractivity contribution in [2.45, 2.75) is 31.6 Å². The summed E-state index contributed by atoms with van der Waals surface area (Å²) in [6.07, 6.45) is 2.12. The fourth-order valence-electron chi connectivity index (χ4n) is 1.60. The predicted molar refractivity (Wildman–Crippen MR) is 76.7 cm³/mol. The average Bonchev–Trinajstić information content (AvgIpc) is 2.26. The molecular formula is C12H16BrClO3S. The lowest BCUT2D eigenvalue weighted by Crippen LogP contribution is -2.09. The SMILES string of the molecule is CCCC(C)COc1ccc(Br)cc1S(=O)(=O)Cl. The average molecular weight is 356 g/mol. The summed E-state index contributed by atoms with van der Waals surface area (Å²) in [5.41, 5.74) is 0. The molecule has 1 unspecified atom stereocenters. The molecular weight excluding hydrogens is 340 g/mol. The maximum Gasteiger partial charge on any atom is 0.265 e. The summed E-state index contributed by atoms with van der Waals surface area (Å²) >= 11 is 3.22. The Hall–Kier alpha value is -0.260. The van der Waals surface area contributed by atoms with Gasteiger partial charge in [-0.1, -0.05) is 36.2 Å². The van der Waals surface area contributed by atoms with E-state index < -0.39 is 9.05 Å². The van der Waals surface area contributed by atoms with Gasteiger partial charge >= 0.3 is 0 Å². The van der Waals surface area contributed by atoms with Gasteiger partial charge in [0.25, 0.3) is 9.05 Å². The van der Waals surface area contributed by atoms with Crippen molar-refractivity contribution in [3.05, 3.63) is 22.7 Å². The van der Waals surface area contributed by atoms with E-state index in [1.807, 2.05) is 0 Å². The zero-order valence-corrected chi connectivity index (χ0v) is 13.5. The van der Waals surface area contributed by atoms with E-state index in [-0.39, 0.29) is 4.90 Å². The Labute approximate surface area is 121 Å². The van der Waals surface area contributed by atoms with Crippen molar-refractivity contribution in [1.82, 2.24) is 0 Å². The monoisotopic (exact) mass is 354 g/mol. The molecule has 0 N–H and O–H groups in total. The van der Waals surface area contributed by atoms with Crippen LogP contribution in [-0.2, 0) is 9.05 Å². The van der Waals surface area contributed by atoms with Crippen molar-refractivity contribution < 1.29 is 13.2 Å². The normalized spacial score (nSPS) is 13.3. The number of hydrogen-bond acceptors (Lipinski definition) is 3. The highest BCUT2D eigenvalue weighted by Gasteiger charge is 2.18. The first-order valence-electron chi connectivity index (χ1n) is 5.71. The van der Waals surface area contributed by atoms with Crippen LogP contribution in [0.1, 0.15) is 26.7 Å². The van der Waals surface area contributed by atoms with Crippen molar-refractivity contribution in [3.8, 4) is 5.75 Å². The number of ether oxygens (including phenoxy) is 1. The molecule has 18 heavy (non-hydrogen) atoms. The third-order valence-corrected chi connectivity index (χ3v) is 4.31. The molecule has 1 aromatic carbocycles. The van der Waals surface area contributed by atoms with Crippen molar-refractivity contribution in [3.63, 3.8) is 0 Å². The minimum Gasteiger partial charge on any atom is -0.492 e. The third-order valence-electron chi connectivity index (χ3n) is 2.47. The van der Waals surface area contributed by atoms with Gasteiger partial charge < -0.3 is 4.74 Å². The van der Waals surface area contributed by atoms with Gasteiger partial charge in [-0.05, 0) is 30.5 Å². The second kappa shape index (κ2) is 6.78. The lowest BCUT2D eigenvalue weighted by Gasteiger charge is -2.14. The van der Waals surface area contributed by atoms with Crippen LogP contribution in [-0.4, -0.2) is 15.0 Å². The van der Waals surface area contributed by atoms with Gasteiger partial charge in [-0.25, -0.2) is 8.42 Å². The largest absolute Gasteiger partial charge is 0.492 e. The molecule has 102 valence electrons. The van der Waals surface area contributed by atoms with Gasteiger partial charge in [0.15, 0.2) is 0 Å². The van der Waals surface area contributed by atoms with Crippen LogP contribution in [0.5, 0.6) is 5.75 Å². The van der Waals surface area contributed by atoms with E-state index in [1.54, 1.807) is 12.1 Å². The minimum absolute atomic E-state index is 0.00207. The van der Waals surface area contributed by atoms with E-state index >= 15 is 0 Å². The first-order chi connectivity index (χ1) is 8.34. The van der Waals surface area contributed by atoms with Crippen molar-refractivity contribution in [2.75, 3.05) is 6.61 Å². The molecule has 1 atom stereocenters. The summed E-state index contributed by atoms with van der Waals surface area (Å²) < 4.78 is 29.1. The highest BCUT2D eigenvalue weighted by molar-refractivity contribution is 9.10. The molecule has 1 rings (SSSR count). The summed E-state index contributed by atoms with van der Waals surface area (Å²) in [6.45, 7) is 4.65. The Morgan fingerprint density at radius 1 is 1.44 bits per heavy atom. The molecule has 0 bridgehead atoms. The van der Waals surface area contributed by atoms with Crippen LogP contribution in [0.2, 0.25) is 0 Å². The molecule has 0 saturated carbocycles. The van der Waals surface area contributed by atoms with E-state index in [9.17, 15) is 8.42 Å². The molecule has 0 aliphatic rings. The number of benzene rings is 1. The molecule has 0 amide bonds. The molecule has 6 heteroatoms. The third kappa shape index (κ3) is 4.78. The van der Waals surface area contributed by atoms with E-state index in [1.165, 1.54) is 6.07 Å². The summed E-state index contributed by atoms with van der Waals surface area (Å²) in [5, 5.41) is 0. The Bertz CT molecular complexity index is 502. The maximum atomic E-state index is 11.4. The van der Waals surface area contributed by atoms with Crippen molar-refractivity contribution in [1.29, 1.82) is 0 Å². The standard InChI is InChI=1S/C12H16BrClO3S/c1-3-4-9(2)8-17-11-6-5-10(13)7-12(11)18(14,15)16/h5-7,9H,3-4,8H2,1-2H3. The van der Waals surface area contributed by atoms with Crippen LogP contribution in [0, 0.1) is 5.92 Å². The Kier molecular flexibility index (Phi) is 5.95. The first kappa shape index (κ1) is 15.8. The first-order valence-corrected chi connectivity index (χ1v) is 8.81. The van der Waals surface area contributed by atoms with Gasteiger partial charge in [-0.3, -0.25) is 0 Å². The zero-order valence-electron chi connectivity index (χ0n) is 10.3. The van der Waals surface area contributed by atoms with Crippen LogP contribution in [0.4, 0.5) is 0 Å². The predicted octanol–water partition coefficient (Wildman–Crippen LogP) is 4.19. The molecule has 0 saturated heterocycles. The zero-order chi connectivity index (χ0) is 13.8. The Morgan fingerprint density at radius 2 is 2.11 bits per heavy atom. The highest BCUT2D eigenvalue weighted by Crippen LogP contribution is 2.30. The molecule has 3 nitrogen and oxygen atoms in total. The molecule has 0 radical (unpaired) electrons. The topological polar surface area (TPSA) is 43.4 Å². The summed E-state index contributed by atoms with van der Waals surface area (Å²) in [6, 6.07) is 4.78. The summed E-state index contributed by atoms with van der Waals surface area (Å²) in [7, 11) is 1.58. The van der Waals surface area contributed by atoms with Gasteiger partial charge in [0.1, 0.15) is 10.6 Å². The van der Waals surface area contributed by atoms with Crippen LogP contribution >= 0.6 is 26.6 Å². The summed E-state index contributed by atoms with van der Waals surface area (Å²) in [5.74, 6) is 0.681. The lowest BCUT2D eigenvalue weighted by atomic mass is 10.1. The molecule has 0 heterocycles. The molecule has 0 aliphatic heterocycles. The molecule has 0 aromatic heterocycles. The van der Waals surface area contributed by atoms with Crippen molar-refractivity contribution >= 4 is 35.7 Å². The van der Waals surface area contributed by atoms with Gasteiger partial charge in [0, 0.05) is 15.2 Å². The second-order valence-corrected chi connectivity index (χ2v) is 7.68. The van der Waals surface area contributed by atoms with Crippen LogP contribution in [0.3, 0.4) is 0 Å². The van der Waals surface area contributed by atoms with E-state index in [2.05, 4.69) is 29.8 Å². The quantitative estimate of drug-likeness (QED) is 0.719.